The number of aryl methyl sites for hydroxylation is 2. The molecule has 1 N–H and O–H groups in total. The van der Waals surface area contributed by atoms with E-state index in [2.05, 4.69) is 23.4 Å². The Morgan fingerprint density at radius 1 is 1.38 bits per heavy atom. The molecule has 1 aliphatic carbocycles. The van der Waals surface area contributed by atoms with Gasteiger partial charge >= 0.3 is 0 Å². The van der Waals surface area contributed by atoms with Gasteiger partial charge in [-0.1, -0.05) is 29.8 Å². The number of hydrogen-bond acceptors (Lipinski definition) is 3. The van der Waals surface area contributed by atoms with Crippen LogP contribution in [0.5, 0.6) is 0 Å². The molecule has 2 aromatic rings. The van der Waals surface area contributed by atoms with Crippen molar-refractivity contribution in [2.45, 2.75) is 43.1 Å². The summed E-state index contributed by atoms with van der Waals surface area (Å²) in [6.45, 7) is 3.00. The molecule has 1 fully saturated rings. The molecule has 0 amide bonds. The molecule has 0 unspecified atom stereocenters. The van der Waals surface area contributed by atoms with Crippen LogP contribution in [0.15, 0.2) is 29.3 Å². The topological polar surface area (TPSA) is 29.9 Å². The first-order valence-corrected chi connectivity index (χ1v) is 8.63. The van der Waals surface area contributed by atoms with Gasteiger partial charge in [0.05, 0.1) is 10.7 Å². The van der Waals surface area contributed by atoms with Crippen LogP contribution in [0, 0.1) is 6.92 Å². The lowest BCUT2D eigenvalue weighted by atomic mass is 10.2. The minimum atomic E-state index is 0.714. The molecule has 0 saturated heterocycles. The van der Waals surface area contributed by atoms with Crippen molar-refractivity contribution in [1.82, 2.24) is 15.1 Å². The van der Waals surface area contributed by atoms with Crippen molar-refractivity contribution in [3.8, 4) is 0 Å². The zero-order valence-corrected chi connectivity index (χ0v) is 14.0. The lowest BCUT2D eigenvalue weighted by Gasteiger charge is -2.08. The molecule has 5 heteroatoms. The zero-order chi connectivity index (χ0) is 14.8. The Labute approximate surface area is 135 Å². The number of nitrogens with zero attached hydrogens (tertiary/aromatic N) is 2. The summed E-state index contributed by atoms with van der Waals surface area (Å²) in [5, 5.41) is 10.2. The summed E-state index contributed by atoms with van der Waals surface area (Å²) >= 11 is 8.05. The Hall–Kier alpha value is -0.970. The summed E-state index contributed by atoms with van der Waals surface area (Å²) in [7, 11) is 2.02. The molecule has 0 radical (unpaired) electrons. The van der Waals surface area contributed by atoms with Gasteiger partial charge in [0, 0.05) is 36.0 Å². The maximum absolute atomic E-state index is 6.24. The SMILES string of the molecule is Cc1nn(C)c(SCc2ccccc2Cl)c1CNC1CC1. The van der Waals surface area contributed by atoms with Crippen LogP contribution in [-0.4, -0.2) is 15.8 Å². The van der Waals surface area contributed by atoms with Crippen LogP contribution >= 0.6 is 23.4 Å². The molecular weight excluding hydrogens is 302 g/mol. The average Bonchev–Trinajstić information content (AvgIpc) is 3.23. The monoisotopic (exact) mass is 321 g/mol. The van der Waals surface area contributed by atoms with E-state index >= 15 is 0 Å². The van der Waals surface area contributed by atoms with Crippen molar-refractivity contribution in [2.75, 3.05) is 0 Å². The van der Waals surface area contributed by atoms with Crippen LogP contribution in [0.1, 0.15) is 29.7 Å². The number of thioether (sulfide) groups is 1. The fraction of sp³-hybridized carbons (Fsp3) is 0.438. The van der Waals surface area contributed by atoms with Crippen molar-refractivity contribution < 1.29 is 0 Å². The first-order valence-electron chi connectivity index (χ1n) is 7.27. The Bertz CT molecular complexity index is 634. The summed E-state index contributed by atoms with van der Waals surface area (Å²) in [6.07, 6.45) is 2.61. The van der Waals surface area contributed by atoms with Gasteiger partial charge in [0.15, 0.2) is 0 Å². The van der Waals surface area contributed by atoms with Gasteiger partial charge in [-0.05, 0) is 31.4 Å². The first-order chi connectivity index (χ1) is 10.1. The van der Waals surface area contributed by atoms with Gasteiger partial charge in [-0.15, -0.1) is 11.8 Å². The minimum absolute atomic E-state index is 0.714. The van der Waals surface area contributed by atoms with Crippen molar-refractivity contribution in [2.24, 2.45) is 7.05 Å². The third kappa shape index (κ3) is 3.62. The maximum Gasteiger partial charge on any atom is 0.0987 e. The molecule has 3 nitrogen and oxygen atoms in total. The number of hydrogen-bond donors (Lipinski definition) is 1. The highest BCUT2D eigenvalue weighted by atomic mass is 35.5. The molecule has 1 aromatic carbocycles. The summed E-state index contributed by atoms with van der Waals surface area (Å²) in [6, 6.07) is 8.75. The second-order valence-corrected chi connectivity index (χ2v) is 6.90. The molecule has 0 bridgehead atoms. The standard InChI is InChI=1S/C16H20ClN3S/c1-11-14(9-18-13-7-8-13)16(20(2)19-11)21-10-12-5-3-4-6-15(12)17/h3-6,13,18H,7-10H2,1-2H3. The van der Waals surface area contributed by atoms with Crippen molar-refractivity contribution in [3.05, 3.63) is 46.1 Å². The summed E-state index contributed by atoms with van der Waals surface area (Å²) in [5.41, 5.74) is 3.61. The van der Waals surface area contributed by atoms with E-state index in [1.165, 1.54) is 29.0 Å². The van der Waals surface area contributed by atoms with E-state index in [1.54, 1.807) is 0 Å². The Morgan fingerprint density at radius 3 is 2.86 bits per heavy atom. The van der Waals surface area contributed by atoms with Gasteiger partial charge in [-0.2, -0.15) is 5.10 Å². The smallest absolute Gasteiger partial charge is 0.0987 e. The lowest BCUT2D eigenvalue weighted by molar-refractivity contribution is 0.658. The van der Waals surface area contributed by atoms with E-state index in [9.17, 15) is 0 Å². The number of halogens is 1. The molecule has 0 spiro atoms. The van der Waals surface area contributed by atoms with Gasteiger partial charge in [-0.3, -0.25) is 4.68 Å². The van der Waals surface area contributed by atoms with Gasteiger partial charge < -0.3 is 5.32 Å². The van der Waals surface area contributed by atoms with E-state index in [0.29, 0.717) is 6.04 Å². The van der Waals surface area contributed by atoms with Gasteiger partial charge in [0.25, 0.3) is 0 Å². The largest absolute Gasteiger partial charge is 0.310 e. The second-order valence-electron chi connectivity index (χ2n) is 5.53. The average molecular weight is 322 g/mol. The number of aromatic nitrogens is 2. The zero-order valence-electron chi connectivity index (χ0n) is 12.4. The molecule has 1 aromatic heterocycles. The number of nitrogens with one attached hydrogen (secondary N) is 1. The normalized spacial score (nSPS) is 14.6. The molecule has 112 valence electrons. The molecule has 21 heavy (non-hydrogen) atoms. The molecule has 1 saturated carbocycles. The molecule has 3 rings (SSSR count). The van der Waals surface area contributed by atoms with Crippen LogP contribution in [0.4, 0.5) is 0 Å². The van der Waals surface area contributed by atoms with Crippen LogP contribution in [-0.2, 0) is 19.3 Å². The van der Waals surface area contributed by atoms with E-state index in [0.717, 1.165) is 23.0 Å². The van der Waals surface area contributed by atoms with Crippen LogP contribution in [0.2, 0.25) is 5.02 Å². The Kier molecular flexibility index (Phi) is 4.57. The number of benzene rings is 1. The van der Waals surface area contributed by atoms with E-state index in [4.69, 9.17) is 11.6 Å². The van der Waals surface area contributed by atoms with Gasteiger partial charge in [-0.25, -0.2) is 0 Å². The van der Waals surface area contributed by atoms with Crippen molar-refractivity contribution >= 4 is 23.4 Å². The fourth-order valence-electron chi connectivity index (χ4n) is 2.36. The van der Waals surface area contributed by atoms with Crippen LogP contribution in [0.25, 0.3) is 0 Å². The van der Waals surface area contributed by atoms with Gasteiger partial charge in [0.2, 0.25) is 0 Å². The molecule has 0 aliphatic heterocycles. The highest BCUT2D eigenvalue weighted by Gasteiger charge is 2.22. The Morgan fingerprint density at radius 2 is 2.14 bits per heavy atom. The molecule has 0 atom stereocenters. The maximum atomic E-state index is 6.24. The van der Waals surface area contributed by atoms with Crippen LogP contribution < -0.4 is 5.32 Å². The molecule has 1 heterocycles. The van der Waals surface area contributed by atoms with Crippen molar-refractivity contribution in [1.29, 1.82) is 0 Å². The second kappa shape index (κ2) is 6.42. The van der Waals surface area contributed by atoms with E-state index in [-0.39, 0.29) is 0 Å². The summed E-state index contributed by atoms with van der Waals surface area (Å²) in [5.74, 6) is 0.870. The Balaban J connectivity index is 1.73. The van der Waals surface area contributed by atoms with Crippen molar-refractivity contribution in [3.63, 3.8) is 0 Å². The molecule has 1 aliphatic rings. The summed E-state index contributed by atoms with van der Waals surface area (Å²) < 4.78 is 1.99. The highest BCUT2D eigenvalue weighted by molar-refractivity contribution is 7.98. The predicted octanol–water partition coefficient (Wildman–Crippen LogP) is 3.93. The molecular formula is C16H20ClN3S. The van der Waals surface area contributed by atoms with E-state index < -0.39 is 0 Å². The highest BCUT2D eigenvalue weighted by Crippen LogP contribution is 2.31. The number of rotatable bonds is 6. The third-order valence-corrected chi connectivity index (χ3v) is 5.36. The first kappa shape index (κ1) is 14.9. The van der Waals surface area contributed by atoms with Crippen LogP contribution in [0.3, 0.4) is 0 Å². The summed E-state index contributed by atoms with van der Waals surface area (Å²) in [4.78, 5) is 0. The predicted molar refractivity (Wildman–Crippen MR) is 88.8 cm³/mol. The fourth-order valence-corrected chi connectivity index (χ4v) is 3.81. The van der Waals surface area contributed by atoms with Gasteiger partial charge in [0.1, 0.15) is 0 Å². The lowest BCUT2D eigenvalue weighted by Crippen LogP contribution is -2.16. The van der Waals surface area contributed by atoms with E-state index in [1.807, 2.05) is 41.7 Å². The quantitative estimate of drug-likeness (QED) is 0.818. The third-order valence-electron chi connectivity index (χ3n) is 3.76. The minimum Gasteiger partial charge on any atom is -0.310 e.